The summed E-state index contributed by atoms with van der Waals surface area (Å²) in [4.78, 5) is 27.5. The van der Waals surface area contributed by atoms with E-state index in [1.165, 1.54) is 13.0 Å². The lowest BCUT2D eigenvalue weighted by molar-refractivity contribution is -0.140. The molecule has 1 amide bonds. The van der Waals surface area contributed by atoms with E-state index in [9.17, 15) is 18.0 Å². The van der Waals surface area contributed by atoms with Crippen LogP contribution in [-0.4, -0.2) is 77.6 Å². The molecular formula is C29H36F4N6O3. The Bertz CT molecular complexity index is 1370. The van der Waals surface area contributed by atoms with E-state index in [0.717, 1.165) is 25.5 Å². The Morgan fingerprint density at radius 1 is 1.29 bits per heavy atom. The van der Waals surface area contributed by atoms with Crippen LogP contribution in [0, 0.1) is 12.7 Å². The number of benzene rings is 1. The van der Waals surface area contributed by atoms with Gasteiger partial charge in [-0.2, -0.15) is 23.1 Å². The number of hydrogen-bond donors (Lipinski definition) is 1. The van der Waals surface area contributed by atoms with Crippen molar-refractivity contribution >= 4 is 17.4 Å². The van der Waals surface area contributed by atoms with Crippen LogP contribution in [0.3, 0.4) is 0 Å². The van der Waals surface area contributed by atoms with Gasteiger partial charge in [-0.15, -0.1) is 0 Å². The Hall–Kier alpha value is -3.45. The highest BCUT2D eigenvalue weighted by atomic mass is 19.4. The molecule has 42 heavy (non-hydrogen) atoms. The number of fused-ring (bicyclic) bond motifs is 1. The number of anilines is 2. The second-order valence-electron chi connectivity index (χ2n) is 11.3. The molecule has 2 saturated heterocycles. The summed E-state index contributed by atoms with van der Waals surface area (Å²) >= 11 is 0. The van der Waals surface area contributed by atoms with Gasteiger partial charge in [-0.25, -0.2) is 4.39 Å². The average Bonchev–Trinajstić information content (AvgIpc) is 3.36. The van der Waals surface area contributed by atoms with Crippen molar-refractivity contribution < 1.29 is 31.8 Å². The number of carbonyl (C=O) groups is 1. The predicted molar refractivity (Wildman–Crippen MR) is 149 cm³/mol. The summed E-state index contributed by atoms with van der Waals surface area (Å²) in [7, 11) is 2.02. The zero-order valence-corrected chi connectivity index (χ0v) is 24.0. The van der Waals surface area contributed by atoms with E-state index in [1.807, 2.05) is 18.9 Å². The molecule has 1 aromatic carbocycles. The number of hydrogen-bond acceptors (Lipinski definition) is 8. The Balaban J connectivity index is 1.52. The first-order valence-electron chi connectivity index (χ1n) is 14.1. The molecule has 0 spiro atoms. The fourth-order valence-corrected chi connectivity index (χ4v) is 6.20. The lowest BCUT2D eigenvalue weighted by Gasteiger charge is -2.41. The zero-order valence-electron chi connectivity index (χ0n) is 24.0. The second kappa shape index (κ2) is 11.7. The first kappa shape index (κ1) is 30.0. The number of nitrogens with zero attached hydrogens (tertiary/aromatic N) is 5. The molecule has 3 aliphatic heterocycles. The van der Waals surface area contributed by atoms with E-state index in [0.29, 0.717) is 43.3 Å². The Kier molecular flexibility index (Phi) is 8.35. The number of rotatable bonds is 6. The molecule has 228 valence electrons. The van der Waals surface area contributed by atoms with Crippen molar-refractivity contribution in [3.63, 3.8) is 0 Å². The van der Waals surface area contributed by atoms with Crippen LogP contribution in [0.5, 0.6) is 6.01 Å². The van der Waals surface area contributed by atoms with E-state index < -0.39 is 29.2 Å². The number of likely N-dealkylation sites (N-methyl/N-ethyl adjacent to an activating group) is 1. The summed E-state index contributed by atoms with van der Waals surface area (Å²) < 4.78 is 69.7. The van der Waals surface area contributed by atoms with Gasteiger partial charge in [0.05, 0.1) is 29.7 Å². The molecule has 2 N–H and O–H groups in total. The highest BCUT2D eigenvalue weighted by Crippen LogP contribution is 2.44. The van der Waals surface area contributed by atoms with Crippen LogP contribution in [0.15, 0.2) is 18.7 Å². The van der Waals surface area contributed by atoms with Crippen LogP contribution in [0.1, 0.15) is 53.8 Å². The van der Waals surface area contributed by atoms with Crippen LogP contribution in [0.2, 0.25) is 0 Å². The molecular weight excluding hydrogens is 556 g/mol. The average molecular weight is 593 g/mol. The van der Waals surface area contributed by atoms with Crippen molar-refractivity contribution in [2.24, 2.45) is 0 Å². The number of nitrogens with two attached hydrogens (primary N) is 1. The molecule has 3 atom stereocenters. The first-order valence-corrected chi connectivity index (χ1v) is 14.1. The van der Waals surface area contributed by atoms with Gasteiger partial charge in [0.15, 0.2) is 5.82 Å². The number of piperazine rings is 1. The van der Waals surface area contributed by atoms with Crippen LogP contribution in [0.4, 0.5) is 29.1 Å². The summed E-state index contributed by atoms with van der Waals surface area (Å²) in [6.45, 7) is 9.28. The molecule has 4 heterocycles. The number of nitrogen functional groups attached to an aromatic ring is 1. The van der Waals surface area contributed by atoms with Crippen molar-refractivity contribution in [3.8, 4) is 6.01 Å². The number of carbonyl (C=O) groups excluding carboxylic acids is 1. The maximum Gasteiger partial charge on any atom is 0.417 e. The number of amides is 1. The summed E-state index contributed by atoms with van der Waals surface area (Å²) in [5.74, 6) is -0.776. The first-order chi connectivity index (χ1) is 19.9. The highest BCUT2D eigenvalue weighted by molar-refractivity contribution is 5.87. The number of ether oxygens (including phenoxy) is 2. The van der Waals surface area contributed by atoms with Gasteiger partial charge in [-0.1, -0.05) is 6.58 Å². The van der Waals surface area contributed by atoms with Crippen molar-refractivity contribution in [2.75, 3.05) is 50.5 Å². The minimum atomic E-state index is -4.81. The van der Waals surface area contributed by atoms with Gasteiger partial charge in [0, 0.05) is 49.3 Å². The largest absolute Gasteiger partial charge is 0.462 e. The van der Waals surface area contributed by atoms with Gasteiger partial charge in [0.1, 0.15) is 12.4 Å². The smallest absolute Gasteiger partial charge is 0.417 e. The summed E-state index contributed by atoms with van der Waals surface area (Å²) in [5, 5.41) is 0. The standard InChI is InChI=1S/C29H36F4N6O3/c1-5-23(40)38-9-10-39(17(3)13-38)27-19-15-41-22(24-25(29(31,32)33)16(2)11-20(34)26(24)30)12-21(19)35-28(36-27)42-14-18-7-6-8-37(18)4/h5,11,17-18,22H,1,6-10,12-15,34H2,2-4H3/t17-,18-,22+/m0/s1. The maximum absolute atomic E-state index is 15.3. The Morgan fingerprint density at radius 2 is 2.05 bits per heavy atom. The van der Waals surface area contributed by atoms with Crippen molar-refractivity contribution in [1.29, 1.82) is 0 Å². The third-order valence-electron chi connectivity index (χ3n) is 8.45. The fraction of sp³-hybridized carbons (Fsp3) is 0.552. The van der Waals surface area contributed by atoms with E-state index in [4.69, 9.17) is 20.2 Å². The van der Waals surface area contributed by atoms with Crippen molar-refractivity contribution in [2.45, 2.75) is 64.1 Å². The van der Waals surface area contributed by atoms with E-state index >= 15 is 4.39 Å². The number of halogens is 4. The minimum absolute atomic E-state index is 0.0989. The highest BCUT2D eigenvalue weighted by Gasteiger charge is 2.42. The lowest BCUT2D eigenvalue weighted by atomic mass is 9.91. The molecule has 1 aromatic heterocycles. The van der Waals surface area contributed by atoms with Crippen LogP contribution >= 0.6 is 0 Å². The van der Waals surface area contributed by atoms with Gasteiger partial charge < -0.3 is 29.9 Å². The summed E-state index contributed by atoms with van der Waals surface area (Å²) in [5.41, 5.74) is 4.52. The van der Waals surface area contributed by atoms with Gasteiger partial charge in [-0.05, 0) is 58.0 Å². The van der Waals surface area contributed by atoms with E-state index in [2.05, 4.69) is 16.5 Å². The van der Waals surface area contributed by atoms with E-state index in [1.54, 1.807) is 4.90 Å². The van der Waals surface area contributed by atoms with Crippen LogP contribution in [0.25, 0.3) is 0 Å². The number of aromatic nitrogens is 2. The SMILES string of the molecule is C=CC(=O)N1CCN(c2nc(OC[C@@H]3CCCN3C)nc3c2CO[C@@H](c2c(F)c(N)cc(C)c2C(F)(F)F)C3)[C@@H](C)C1. The molecule has 9 nitrogen and oxygen atoms in total. The van der Waals surface area contributed by atoms with Crippen molar-refractivity contribution in [1.82, 2.24) is 19.8 Å². The van der Waals surface area contributed by atoms with E-state index in [-0.39, 0.29) is 48.3 Å². The normalized spacial score (nSPS) is 23.2. The van der Waals surface area contributed by atoms with Crippen LogP contribution < -0.4 is 15.4 Å². The molecule has 13 heteroatoms. The maximum atomic E-state index is 15.3. The lowest BCUT2D eigenvalue weighted by Crippen LogP contribution is -2.54. The monoisotopic (exact) mass is 592 g/mol. The quantitative estimate of drug-likeness (QED) is 0.305. The summed E-state index contributed by atoms with van der Waals surface area (Å²) in [6, 6.07) is 1.14. The molecule has 2 fully saturated rings. The number of aryl methyl sites for hydroxylation is 1. The summed E-state index contributed by atoms with van der Waals surface area (Å²) in [6.07, 6.45) is -2.91. The molecule has 2 aromatic rings. The third kappa shape index (κ3) is 5.76. The predicted octanol–water partition coefficient (Wildman–Crippen LogP) is 4.04. The van der Waals surface area contributed by atoms with Crippen LogP contribution in [-0.2, 0) is 28.7 Å². The molecule has 0 aliphatic carbocycles. The molecule has 3 aliphatic rings. The Labute approximate surface area is 242 Å². The van der Waals surface area contributed by atoms with Gasteiger partial charge in [-0.3, -0.25) is 4.79 Å². The topological polar surface area (TPSA) is 97.0 Å². The third-order valence-corrected chi connectivity index (χ3v) is 8.45. The molecule has 0 bridgehead atoms. The fourth-order valence-electron chi connectivity index (χ4n) is 6.20. The Morgan fingerprint density at radius 3 is 2.69 bits per heavy atom. The molecule has 0 radical (unpaired) electrons. The van der Waals surface area contributed by atoms with Crippen molar-refractivity contribution in [3.05, 3.63) is 52.5 Å². The minimum Gasteiger partial charge on any atom is -0.462 e. The molecule has 0 unspecified atom stereocenters. The number of likely N-dealkylation sites (tertiary alicyclic amines) is 1. The molecule has 0 saturated carbocycles. The number of alkyl halides is 3. The molecule has 5 rings (SSSR count). The van der Waals surface area contributed by atoms with Gasteiger partial charge in [0.2, 0.25) is 5.91 Å². The van der Waals surface area contributed by atoms with Gasteiger partial charge in [0.25, 0.3) is 0 Å². The second-order valence-corrected chi connectivity index (χ2v) is 11.3. The zero-order chi connectivity index (χ0) is 30.3. The van der Waals surface area contributed by atoms with Gasteiger partial charge >= 0.3 is 12.2 Å².